The molecular formula is C28H25FN2O3S. The van der Waals surface area contributed by atoms with Gasteiger partial charge in [-0.25, -0.2) is 4.39 Å². The van der Waals surface area contributed by atoms with Crippen LogP contribution in [0.2, 0.25) is 0 Å². The third-order valence-electron chi connectivity index (χ3n) is 6.05. The van der Waals surface area contributed by atoms with E-state index in [9.17, 15) is 14.0 Å². The van der Waals surface area contributed by atoms with Gasteiger partial charge in [-0.3, -0.25) is 9.59 Å². The molecule has 0 bridgehead atoms. The van der Waals surface area contributed by atoms with Gasteiger partial charge in [-0.1, -0.05) is 54.2 Å². The van der Waals surface area contributed by atoms with Crippen molar-refractivity contribution < 1.29 is 18.7 Å². The van der Waals surface area contributed by atoms with Gasteiger partial charge in [-0.2, -0.15) is 0 Å². The monoisotopic (exact) mass is 488 g/mol. The average Bonchev–Trinajstić information content (AvgIpc) is 3.40. The molecule has 0 saturated carbocycles. The summed E-state index contributed by atoms with van der Waals surface area (Å²) in [6, 6.07) is 21.2. The molecule has 7 heteroatoms. The highest BCUT2D eigenvalue weighted by molar-refractivity contribution is 8.04. The van der Waals surface area contributed by atoms with Crippen LogP contribution in [-0.4, -0.2) is 31.1 Å². The van der Waals surface area contributed by atoms with Crippen molar-refractivity contribution >= 4 is 35.3 Å². The van der Waals surface area contributed by atoms with E-state index in [0.717, 1.165) is 35.5 Å². The number of anilines is 1. The second-order valence-corrected chi connectivity index (χ2v) is 9.65. The van der Waals surface area contributed by atoms with Crippen LogP contribution in [0.1, 0.15) is 34.3 Å². The van der Waals surface area contributed by atoms with Crippen LogP contribution in [-0.2, 0) is 16.1 Å². The van der Waals surface area contributed by atoms with Gasteiger partial charge in [0.1, 0.15) is 5.82 Å². The summed E-state index contributed by atoms with van der Waals surface area (Å²) in [6.07, 6.45) is 3.87. The minimum atomic E-state index is -0.329. The van der Waals surface area contributed by atoms with Gasteiger partial charge in [0.15, 0.2) is 0 Å². The van der Waals surface area contributed by atoms with E-state index in [2.05, 4.69) is 5.32 Å². The first kappa shape index (κ1) is 23.3. The Kier molecular flexibility index (Phi) is 6.97. The number of nitrogens with zero attached hydrogens (tertiary/aromatic N) is 1. The molecule has 178 valence electrons. The van der Waals surface area contributed by atoms with Crippen molar-refractivity contribution in [3.8, 4) is 0 Å². The molecular weight excluding hydrogens is 463 g/mol. The molecule has 0 unspecified atom stereocenters. The zero-order valence-electron chi connectivity index (χ0n) is 19.1. The van der Waals surface area contributed by atoms with Gasteiger partial charge in [0.2, 0.25) is 0 Å². The van der Waals surface area contributed by atoms with Crippen LogP contribution in [0.3, 0.4) is 0 Å². The molecule has 3 aromatic carbocycles. The first-order chi connectivity index (χ1) is 17.1. The van der Waals surface area contributed by atoms with Crippen LogP contribution >= 0.6 is 11.8 Å². The van der Waals surface area contributed by atoms with E-state index in [4.69, 9.17) is 4.74 Å². The molecule has 1 atom stereocenters. The third-order valence-corrected chi connectivity index (χ3v) is 7.13. The normalized spacial score (nSPS) is 18.5. The lowest BCUT2D eigenvalue weighted by molar-refractivity contribution is -0.114. The van der Waals surface area contributed by atoms with Crippen molar-refractivity contribution in [2.24, 2.45) is 0 Å². The molecule has 0 aromatic heterocycles. The molecule has 35 heavy (non-hydrogen) atoms. The van der Waals surface area contributed by atoms with Crippen molar-refractivity contribution in [1.29, 1.82) is 0 Å². The van der Waals surface area contributed by atoms with Crippen LogP contribution in [0.4, 0.5) is 10.1 Å². The summed E-state index contributed by atoms with van der Waals surface area (Å²) < 4.78 is 19.1. The smallest absolute Gasteiger partial charge is 0.265 e. The molecule has 2 aliphatic rings. The summed E-state index contributed by atoms with van der Waals surface area (Å²) in [4.78, 5) is 29.6. The van der Waals surface area contributed by atoms with Gasteiger partial charge in [0.25, 0.3) is 11.8 Å². The number of rotatable bonds is 6. The predicted molar refractivity (Wildman–Crippen MR) is 136 cm³/mol. The maximum absolute atomic E-state index is 13.6. The lowest BCUT2D eigenvalue weighted by Crippen LogP contribution is -2.35. The number of hydrogen-bond donors (Lipinski definition) is 1. The van der Waals surface area contributed by atoms with Gasteiger partial charge >= 0.3 is 0 Å². The van der Waals surface area contributed by atoms with Gasteiger partial charge in [-0.15, -0.1) is 0 Å². The van der Waals surface area contributed by atoms with Crippen LogP contribution < -0.4 is 10.2 Å². The maximum Gasteiger partial charge on any atom is 0.265 e. The highest BCUT2D eigenvalue weighted by atomic mass is 32.2. The van der Waals surface area contributed by atoms with Gasteiger partial charge < -0.3 is 15.0 Å². The summed E-state index contributed by atoms with van der Waals surface area (Å²) in [6.45, 7) is 1.46. The zero-order valence-corrected chi connectivity index (χ0v) is 19.9. The number of halogens is 1. The molecule has 5 rings (SSSR count). The summed E-state index contributed by atoms with van der Waals surface area (Å²) >= 11 is 1.39. The Morgan fingerprint density at radius 3 is 2.66 bits per heavy atom. The highest BCUT2D eigenvalue weighted by Gasteiger charge is 2.30. The molecule has 1 saturated heterocycles. The Bertz CT molecular complexity index is 1250. The number of thioether (sulfide) groups is 1. The van der Waals surface area contributed by atoms with Crippen molar-refractivity contribution in [2.45, 2.75) is 30.4 Å². The molecule has 2 aliphatic heterocycles. The third kappa shape index (κ3) is 5.47. The zero-order chi connectivity index (χ0) is 24.2. The summed E-state index contributed by atoms with van der Waals surface area (Å²) in [5, 5.41) is 2.94. The molecule has 1 fully saturated rings. The standard InChI is InChI=1S/C28H25FN2O3S/c29-22-11-8-20(9-12-22)18-31-24-16-21(27(32)30-17-23-7-4-14-34-23)10-13-25(24)35-26(28(31)33)15-19-5-2-1-3-6-19/h1-3,5-6,8-13,15-16,23H,4,7,14,17-18H2,(H,30,32)/b26-15-/t23-/m1/s1. The Morgan fingerprint density at radius 2 is 1.91 bits per heavy atom. The second-order valence-electron chi connectivity index (χ2n) is 8.57. The second kappa shape index (κ2) is 10.5. The Labute approximate surface area is 208 Å². The van der Waals surface area contributed by atoms with E-state index >= 15 is 0 Å². The topological polar surface area (TPSA) is 58.6 Å². The Morgan fingerprint density at radius 1 is 1.11 bits per heavy atom. The van der Waals surface area contributed by atoms with Crippen LogP contribution in [0.5, 0.6) is 0 Å². The largest absolute Gasteiger partial charge is 0.376 e. The number of amides is 2. The SMILES string of the molecule is O=C(NC[C@H]1CCCO1)c1ccc2c(c1)N(Cc1ccc(F)cc1)C(=O)/C(=C/c1ccccc1)S2. The van der Waals surface area contributed by atoms with E-state index in [-0.39, 0.29) is 30.3 Å². The predicted octanol–water partition coefficient (Wildman–Crippen LogP) is 5.41. The first-order valence-electron chi connectivity index (χ1n) is 11.6. The highest BCUT2D eigenvalue weighted by Crippen LogP contribution is 2.43. The van der Waals surface area contributed by atoms with Gasteiger partial charge in [-0.05, 0) is 60.4 Å². The Balaban J connectivity index is 1.45. The van der Waals surface area contributed by atoms with E-state index in [1.165, 1.54) is 23.9 Å². The number of carbonyl (C=O) groups excluding carboxylic acids is 2. The number of ether oxygens (including phenoxy) is 1. The average molecular weight is 489 g/mol. The minimum absolute atomic E-state index is 0.0503. The van der Waals surface area contributed by atoms with E-state index in [1.54, 1.807) is 29.2 Å². The summed E-state index contributed by atoms with van der Waals surface area (Å²) in [5.74, 6) is -0.690. The summed E-state index contributed by atoms with van der Waals surface area (Å²) in [7, 11) is 0. The first-order valence-corrected chi connectivity index (χ1v) is 12.4. The van der Waals surface area contributed by atoms with Crippen LogP contribution in [0.25, 0.3) is 6.08 Å². The molecule has 1 N–H and O–H groups in total. The molecule has 0 aliphatic carbocycles. The van der Waals surface area contributed by atoms with E-state index < -0.39 is 0 Å². The van der Waals surface area contributed by atoms with Gasteiger partial charge in [0, 0.05) is 23.6 Å². The number of nitrogens with one attached hydrogen (secondary N) is 1. The van der Waals surface area contributed by atoms with Crippen molar-refractivity contribution in [3.63, 3.8) is 0 Å². The quantitative estimate of drug-likeness (QED) is 0.471. The molecule has 5 nitrogen and oxygen atoms in total. The maximum atomic E-state index is 13.6. The van der Waals surface area contributed by atoms with Crippen LogP contribution in [0, 0.1) is 5.82 Å². The molecule has 0 spiro atoms. The van der Waals surface area contributed by atoms with E-state index in [0.29, 0.717) is 22.7 Å². The molecule has 2 heterocycles. The van der Waals surface area contributed by atoms with Crippen molar-refractivity contribution in [1.82, 2.24) is 5.32 Å². The number of hydrogen-bond acceptors (Lipinski definition) is 4. The van der Waals surface area contributed by atoms with Crippen molar-refractivity contribution in [3.05, 3.63) is 100 Å². The molecule has 3 aromatic rings. The van der Waals surface area contributed by atoms with E-state index in [1.807, 2.05) is 42.5 Å². The molecule has 2 amide bonds. The number of carbonyl (C=O) groups is 2. The lowest BCUT2D eigenvalue weighted by Gasteiger charge is -2.31. The molecule has 0 radical (unpaired) electrons. The Hall–Kier alpha value is -3.42. The fraction of sp³-hybridized carbons (Fsp3) is 0.214. The summed E-state index contributed by atoms with van der Waals surface area (Å²) in [5.41, 5.74) is 2.87. The van der Waals surface area contributed by atoms with Crippen molar-refractivity contribution in [2.75, 3.05) is 18.1 Å². The van der Waals surface area contributed by atoms with Crippen LogP contribution in [0.15, 0.2) is 82.6 Å². The van der Waals surface area contributed by atoms with Gasteiger partial charge in [0.05, 0.1) is 23.2 Å². The number of fused-ring (bicyclic) bond motifs is 1. The lowest BCUT2D eigenvalue weighted by atomic mass is 10.1. The number of benzene rings is 3. The fourth-order valence-corrected chi connectivity index (χ4v) is 5.23. The fourth-order valence-electron chi connectivity index (χ4n) is 4.20. The minimum Gasteiger partial charge on any atom is -0.376 e.